The topological polar surface area (TPSA) is 75.0 Å². The van der Waals surface area contributed by atoms with Crippen LogP contribution in [0, 0.1) is 5.82 Å². The summed E-state index contributed by atoms with van der Waals surface area (Å²) < 4.78 is 18.4. The van der Waals surface area contributed by atoms with E-state index in [2.05, 4.69) is 10.1 Å². The third kappa shape index (κ3) is 3.40. The number of nitrogens with zero attached hydrogens (tertiary/aromatic N) is 3. The number of benzene rings is 2. The minimum atomic E-state index is -0.325. The molecule has 2 aromatic heterocycles. The molecule has 3 heterocycles. The van der Waals surface area contributed by atoms with E-state index in [9.17, 15) is 9.18 Å². The summed E-state index contributed by atoms with van der Waals surface area (Å²) in [6.07, 6.45) is 1.87. The average molecular weight is 390 g/mol. The number of amides is 1. The van der Waals surface area contributed by atoms with Gasteiger partial charge < -0.3 is 14.4 Å². The molecule has 7 heteroatoms. The van der Waals surface area contributed by atoms with Gasteiger partial charge in [-0.3, -0.25) is 4.79 Å². The Kier molecular flexibility index (Phi) is 4.35. The van der Waals surface area contributed by atoms with Crippen molar-refractivity contribution in [2.75, 3.05) is 13.1 Å². The molecule has 1 N–H and O–H groups in total. The number of hydrogen-bond donors (Lipinski definition) is 1. The number of para-hydroxylation sites is 2. The Morgan fingerprint density at radius 3 is 2.83 bits per heavy atom. The second-order valence-corrected chi connectivity index (χ2v) is 7.31. The molecule has 29 heavy (non-hydrogen) atoms. The van der Waals surface area contributed by atoms with Gasteiger partial charge >= 0.3 is 0 Å². The van der Waals surface area contributed by atoms with Gasteiger partial charge in [0, 0.05) is 30.6 Å². The van der Waals surface area contributed by atoms with Gasteiger partial charge in [0.2, 0.25) is 0 Å². The number of carbonyl (C=O) groups excluding carboxylic acids is 1. The quantitative estimate of drug-likeness (QED) is 0.563. The van der Waals surface area contributed by atoms with Crippen LogP contribution in [0.4, 0.5) is 4.39 Å². The van der Waals surface area contributed by atoms with Crippen molar-refractivity contribution in [3.8, 4) is 11.3 Å². The number of piperidine rings is 1. The standard InChI is InChI=1S/C22H19FN4O2/c23-16-9-7-14(8-10-16)20-12-19(26-29-20)22(28)27-11-3-4-15(13-27)21-24-17-5-1-2-6-18(17)25-21/h1-2,5-10,12,15H,3-4,11,13H2,(H,24,25). The van der Waals surface area contributed by atoms with Crippen LogP contribution >= 0.6 is 0 Å². The molecule has 5 rings (SSSR count). The van der Waals surface area contributed by atoms with E-state index in [4.69, 9.17) is 9.51 Å². The highest BCUT2D eigenvalue weighted by atomic mass is 19.1. The van der Waals surface area contributed by atoms with Gasteiger partial charge in [0.05, 0.1) is 11.0 Å². The van der Waals surface area contributed by atoms with E-state index in [1.54, 1.807) is 23.1 Å². The van der Waals surface area contributed by atoms with E-state index in [-0.39, 0.29) is 23.3 Å². The lowest BCUT2D eigenvalue weighted by Crippen LogP contribution is -2.39. The lowest BCUT2D eigenvalue weighted by molar-refractivity contribution is 0.0694. The number of likely N-dealkylation sites (tertiary alicyclic amines) is 1. The summed E-state index contributed by atoms with van der Waals surface area (Å²) in [6, 6.07) is 15.4. The number of imidazole rings is 1. The second kappa shape index (κ2) is 7.16. The molecular weight excluding hydrogens is 371 g/mol. The van der Waals surface area contributed by atoms with Crippen LogP contribution in [-0.4, -0.2) is 39.0 Å². The molecule has 1 aliphatic heterocycles. The van der Waals surface area contributed by atoms with Crippen LogP contribution in [0.1, 0.15) is 35.1 Å². The maximum absolute atomic E-state index is 13.1. The van der Waals surface area contributed by atoms with Crippen molar-refractivity contribution in [2.24, 2.45) is 0 Å². The van der Waals surface area contributed by atoms with Gasteiger partial charge in [-0.25, -0.2) is 9.37 Å². The van der Waals surface area contributed by atoms with Crippen molar-refractivity contribution in [1.29, 1.82) is 0 Å². The number of rotatable bonds is 3. The first-order valence-electron chi connectivity index (χ1n) is 9.64. The van der Waals surface area contributed by atoms with Gasteiger partial charge in [0.1, 0.15) is 11.6 Å². The summed E-state index contributed by atoms with van der Waals surface area (Å²) in [4.78, 5) is 22.8. The van der Waals surface area contributed by atoms with Crippen LogP contribution in [0.2, 0.25) is 0 Å². The third-order valence-electron chi connectivity index (χ3n) is 5.36. The van der Waals surface area contributed by atoms with Crippen LogP contribution in [-0.2, 0) is 0 Å². The average Bonchev–Trinajstić information content (AvgIpc) is 3.41. The predicted molar refractivity (Wildman–Crippen MR) is 106 cm³/mol. The van der Waals surface area contributed by atoms with Gasteiger partial charge in [-0.05, 0) is 49.2 Å². The predicted octanol–water partition coefficient (Wildman–Crippen LogP) is 4.38. The Labute approximate surface area is 166 Å². The zero-order valence-electron chi connectivity index (χ0n) is 15.6. The smallest absolute Gasteiger partial charge is 0.276 e. The monoisotopic (exact) mass is 390 g/mol. The molecule has 0 spiro atoms. The zero-order valence-corrected chi connectivity index (χ0v) is 15.6. The highest BCUT2D eigenvalue weighted by molar-refractivity contribution is 5.93. The normalized spacial score (nSPS) is 17.0. The molecule has 4 aromatic rings. The molecule has 0 bridgehead atoms. The molecule has 1 unspecified atom stereocenters. The SMILES string of the molecule is O=C(c1cc(-c2ccc(F)cc2)on1)N1CCCC(c2nc3ccccc3[nH]2)C1. The fourth-order valence-electron chi connectivity index (χ4n) is 3.84. The summed E-state index contributed by atoms with van der Waals surface area (Å²) in [6.45, 7) is 1.26. The summed E-state index contributed by atoms with van der Waals surface area (Å²) in [5.74, 6) is 1.02. The molecule has 146 valence electrons. The number of fused-ring (bicyclic) bond motifs is 1. The number of carbonyl (C=O) groups is 1. The van der Waals surface area contributed by atoms with E-state index < -0.39 is 0 Å². The van der Waals surface area contributed by atoms with Crippen LogP contribution < -0.4 is 0 Å². The molecular formula is C22H19FN4O2. The first-order chi connectivity index (χ1) is 14.2. The first-order valence-corrected chi connectivity index (χ1v) is 9.64. The lowest BCUT2D eigenvalue weighted by Gasteiger charge is -2.31. The Hall–Kier alpha value is -3.48. The summed E-state index contributed by atoms with van der Waals surface area (Å²) in [7, 11) is 0. The number of hydrogen-bond acceptors (Lipinski definition) is 4. The van der Waals surface area contributed by atoms with Gasteiger partial charge in [-0.2, -0.15) is 0 Å². The molecule has 0 radical (unpaired) electrons. The molecule has 1 amide bonds. The molecule has 1 aliphatic rings. The maximum Gasteiger partial charge on any atom is 0.276 e. The fraction of sp³-hybridized carbons (Fsp3) is 0.227. The summed E-state index contributed by atoms with van der Waals surface area (Å²) in [5, 5.41) is 3.94. The Bertz CT molecular complexity index is 1130. The summed E-state index contributed by atoms with van der Waals surface area (Å²) >= 11 is 0. The number of nitrogens with one attached hydrogen (secondary N) is 1. The Balaban J connectivity index is 1.34. The number of halogens is 1. The van der Waals surface area contributed by atoms with Crippen molar-refractivity contribution in [3.05, 3.63) is 71.9 Å². The molecule has 2 aromatic carbocycles. The molecule has 1 atom stereocenters. The number of aromatic nitrogens is 3. The minimum absolute atomic E-state index is 0.156. The minimum Gasteiger partial charge on any atom is -0.355 e. The zero-order chi connectivity index (χ0) is 19.8. The highest BCUT2D eigenvalue weighted by Crippen LogP contribution is 2.28. The lowest BCUT2D eigenvalue weighted by atomic mass is 9.97. The molecule has 0 saturated carbocycles. The van der Waals surface area contributed by atoms with Crippen molar-refractivity contribution < 1.29 is 13.7 Å². The van der Waals surface area contributed by atoms with Crippen molar-refractivity contribution in [2.45, 2.75) is 18.8 Å². The Morgan fingerprint density at radius 2 is 2.00 bits per heavy atom. The van der Waals surface area contributed by atoms with Crippen LogP contribution in [0.3, 0.4) is 0 Å². The largest absolute Gasteiger partial charge is 0.355 e. The Morgan fingerprint density at radius 1 is 1.17 bits per heavy atom. The second-order valence-electron chi connectivity index (χ2n) is 7.31. The maximum atomic E-state index is 13.1. The van der Waals surface area contributed by atoms with Gasteiger partial charge in [-0.15, -0.1) is 0 Å². The fourth-order valence-corrected chi connectivity index (χ4v) is 3.84. The van der Waals surface area contributed by atoms with Gasteiger partial charge in [0.15, 0.2) is 11.5 Å². The van der Waals surface area contributed by atoms with Crippen LogP contribution in [0.5, 0.6) is 0 Å². The van der Waals surface area contributed by atoms with Crippen molar-refractivity contribution in [3.63, 3.8) is 0 Å². The summed E-state index contributed by atoms with van der Waals surface area (Å²) in [5.41, 5.74) is 2.88. The van der Waals surface area contributed by atoms with Gasteiger partial charge in [-0.1, -0.05) is 17.3 Å². The van der Waals surface area contributed by atoms with Crippen LogP contribution in [0.25, 0.3) is 22.4 Å². The molecule has 1 saturated heterocycles. The van der Waals surface area contributed by atoms with Gasteiger partial charge in [0.25, 0.3) is 5.91 Å². The van der Waals surface area contributed by atoms with Crippen molar-refractivity contribution in [1.82, 2.24) is 20.0 Å². The van der Waals surface area contributed by atoms with E-state index >= 15 is 0 Å². The highest BCUT2D eigenvalue weighted by Gasteiger charge is 2.29. The van der Waals surface area contributed by atoms with Crippen molar-refractivity contribution >= 4 is 16.9 Å². The number of H-pyrrole nitrogens is 1. The van der Waals surface area contributed by atoms with E-state index in [0.29, 0.717) is 24.4 Å². The first kappa shape index (κ1) is 17.6. The molecule has 1 fully saturated rings. The number of aromatic amines is 1. The van der Waals surface area contributed by atoms with E-state index in [1.807, 2.05) is 24.3 Å². The van der Waals surface area contributed by atoms with Crippen LogP contribution in [0.15, 0.2) is 59.1 Å². The molecule has 6 nitrogen and oxygen atoms in total. The third-order valence-corrected chi connectivity index (χ3v) is 5.36. The molecule has 0 aliphatic carbocycles. The van der Waals surface area contributed by atoms with E-state index in [1.165, 1.54) is 12.1 Å². The van der Waals surface area contributed by atoms with E-state index in [0.717, 1.165) is 29.7 Å².